The number of hydrogen-bond donors (Lipinski definition) is 2. The summed E-state index contributed by atoms with van der Waals surface area (Å²) in [7, 11) is 0. The second kappa shape index (κ2) is 7.20. The minimum atomic E-state index is -0.998. The van der Waals surface area contributed by atoms with E-state index in [9.17, 15) is 9.59 Å². The Hall–Kier alpha value is -3.20. The van der Waals surface area contributed by atoms with Crippen LogP contribution in [-0.4, -0.2) is 42.4 Å². The molecule has 4 rings (SSSR count). The first-order valence-corrected chi connectivity index (χ1v) is 9.17. The van der Waals surface area contributed by atoms with Crippen LogP contribution in [0.5, 0.6) is 0 Å². The van der Waals surface area contributed by atoms with Gasteiger partial charge >= 0.3 is 5.97 Å². The maximum atomic E-state index is 12.6. The van der Waals surface area contributed by atoms with E-state index in [2.05, 4.69) is 20.8 Å². The lowest BCUT2D eigenvalue weighted by atomic mass is 10.1. The quantitative estimate of drug-likeness (QED) is 0.714. The fraction of sp³-hybridized carbons (Fsp3) is 0.167. The fourth-order valence-corrected chi connectivity index (χ4v) is 3.87. The van der Waals surface area contributed by atoms with Crippen LogP contribution in [-0.2, 0) is 11.2 Å². The van der Waals surface area contributed by atoms with Crippen molar-refractivity contribution in [3.63, 3.8) is 0 Å². The summed E-state index contributed by atoms with van der Waals surface area (Å²) in [5, 5.41) is 23.8. The van der Waals surface area contributed by atoms with Crippen molar-refractivity contribution in [2.75, 3.05) is 5.32 Å². The van der Waals surface area contributed by atoms with E-state index >= 15 is 0 Å². The number of aromatic nitrogens is 4. The Morgan fingerprint density at radius 3 is 2.74 bits per heavy atom. The zero-order valence-corrected chi connectivity index (χ0v) is 14.9. The number of carbonyl (C=O) groups excluding carboxylic acids is 1. The van der Waals surface area contributed by atoms with Gasteiger partial charge in [0.1, 0.15) is 0 Å². The molecule has 0 aliphatic carbocycles. The number of benzene rings is 2. The van der Waals surface area contributed by atoms with Gasteiger partial charge in [-0.1, -0.05) is 30.0 Å². The maximum absolute atomic E-state index is 12.6. The van der Waals surface area contributed by atoms with Crippen LogP contribution in [0.25, 0.3) is 5.69 Å². The van der Waals surface area contributed by atoms with E-state index in [0.717, 1.165) is 17.7 Å². The lowest BCUT2D eigenvalue weighted by Gasteiger charge is -2.12. The highest BCUT2D eigenvalue weighted by molar-refractivity contribution is 8.00. The molecule has 1 atom stereocenters. The summed E-state index contributed by atoms with van der Waals surface area (Å²) in [5.41, 5.74) is 2.76. The molecule has 27 heavy (non-hydrogen) atoms. The largest absolute Gasteiger partial charge is 0.478 e. The third-order valence-corrected chi connectivity index (χ3v) is 5.49. The molecule has 1 aliphatic rings. The van der Waals surface area contributed by atoms with Gasteiger partial charge in [-0.3, -0.25) is 4.79 Å². The highest BCUT2D eigenvalue weighted by Crippen LogP contribution is 2.31. The van der Waals surface area contributed by atoms with Crippen molar-refractivity contribution in [2.45, 2.75) is 23.2 Å². The van der Waals surface area contributed by atoms with Gasteiger partial charge in [0.05, 0.1) is 16.5 Å². The molecule has 2 N–H and O–H groups in total. The molecule has 0 saturated heterocycles. The van der Waals surface area contributed by atoms with Crippen LogP contribution < -0.4 is 5.32 Å². The SMILES string of the molecule is O=C(O)c1ccc(-n2nnnc2SC2CCc3ccccc3NC2=O)cc1. The first-order valence-electron chi connectivity index (χ1n) is 8.29. The lowest BCUT2D eigenvalue weighted by molar-refractivity contribution is -0.115. The van der Waals surface area contributed by atoms with E-state index in [1.807, 2.05) is 24.3 Å². The molecule has 0 fully saturated rings. The standard InChI is InChI=1S/C18H15N5O3S/c24-16-15(10-7-11-3-1-2-4-14(11)19-16)27-18-20-21-22-23(18)13-8-5-12(6-9-13)17(25)26/h1-6,8-9,15H,7,10H2,(H,19,24)(H,25,26). The normalized spacial score (nSPS) is 16.3. The molecule has 1 aromatic heterocycles. The van der Waals surface area contributed by atoms with Gasteiger partial charge in [0.2, 0.25) is 11.1 Å². The van der Waals surface area contributed by atoms with E-state index in [1.165, 1.54) is 28.6 Å². The second-order valence-electron chi connectivity index (χ2n) is 6.02. The average molecular weight is 381 g/mol. The van der Waals surface area contributed by atoms with E-state index < -0.39 is 5.97 Å². The van der Waals surface area contributed by atoms with Crippen LogP contribution in [0.2, 0.25) is 0 Å². The van der Waals surface area contributed by atoms with Gasteiger partial charge in [0.25, 0.3) is 0 Å². The van der Waals surface area contributed by atoms with E-state index in [0.29, 0.717) is 17.3 Å². The molecule has 2 aromatic carbocycles. The molecule has 0 saturated carbocycles. The van der Waals surface area contributed by atoms with Crippen molar-refractivity contribution in [3.8, 4) is 5.69 Å². The number of fused-ring (bicyclic) bond motifs is 1. The van der Waals surface area contributed by atoms with Crippen molar-refractivity contribution in [2.24, 2.45) is 0 Å². The Labute approximate surface area is 158 Å². The van der Waals surface area contributed by atoms with Gasteiger partial charge in [-0.05, 0) is 59.2 Å². The Morgan fingerprint density at radius 1 is 1.19 bits per heavy atom. The number of para-hydroxylation sites is 1. The van der Waals surface area contributed by atoms with Crippen LogP contribution in [0.3, 0.4) is 0 Å². The summed E-state index contributed by atoms with van der Waals surface area (Å²) in [6.45, 7) is 0. The van der Waals surface area contributed by atoms with Gasteiger partial charge in [-0.25, -0.2) is 4.79 Å². The zero-order chi connectivity index (χ0) is 18.8. The summed E-state index contributed by atoms with van der Waals surface area (Å²) in [5.74, 6) is -1.08. The number of nitrogens with zero attached hydrogens (tertiary/aromatic N) is 4. The number of rotatable bonds is 4. The van der Waals surface area contributed by atoms with Crippen LogP contribution in [0, 0.1) is 0 Å². The van der Waals surface area contributed by atoms with E-state index in [-0.39, 0.29) is 16.7 Å². The summed E-state index contributed by atoms with van der Waals surface area (Å²) in [6.07, 6.45) is 1.44. The number of amides is 1. The number of thioether (sulfide) groups is 1. The molecule has 2 heterocycles. The maximum Gasteiger partial charge on any atom is 0.335 e. The summed E-state index contributed by atoms with van der Waals surface area (Å²) in [4.78, 5) is 23.6. The van der Waals surface area contributed by atoms with Crippen LogP contribution in [0.4, 0.5) is 5.69 Å². The minimum absolute atomic E-state index is 0.0827. The number of aryl methyl sites for hydroxylation is 1. The Kier molecular flexibility index (Phi) is 4.59. The molecular formula is C18H15N5O3S. The smallest absolute Gasteiger partial charge is 0.335 e. The minimum Gasteiger partial charge on any atom is -0.478 e. The first kappa shape index (κ1) is 17.2. The Balaban J connectivity index is 1.55. The molecule has 0 radical (unpaired) electrons. The Bertz CT molecular complexity index is 1000. The van der Waals surface area contributed by atoms with Gasteiger partial charge in [0.15, 0.2) is 0 Å². The van der Waals surface area contributed by atoms with E-state index in [1.54, 1.807) is 12.1 Å². The molecule has 0 spiro atoms. The summed E-state index contributed by atoms with van der Waals surface area (Å²) >= 11 is 1.29. The highest BCUT2D eigenvalue weighted by atomic mass is 32.2. The Morgan fingerprint density at radius 2 is 1.96 bits per heavy atom. The molecule has 1 aliphatic heterocycles. The average Bonchev–Trinajstić information content (AvgIpc) is 3.07. The molecule has 8 nitrogen and oxygen atoms in total. The van der Waals surface area contributed by atoms with Crippen molar-refractivity contribution in [1.82, 2.24) is 20.2 Å². The predicted molar refractivity (Wildman–Crippen MR) is 99.2 cm³/mol. The van der Waals surface area contributed by atoms with E-state index in [4.69, 9.17) is 5.11 Å². The number of nitrogens with one attached hydrogen (secondary N) is 1. The highest BCUT2D eigenvalue weighted by Gasteiger charge is 2.27. The third-order valence-electron chi connectivity index (χ3n) is 4.29. The van der Waals surface area contributed by atoms with Crippen molar-refractivity contribution >= 4 is 29.3 Å². The summed E-state index contributed by atoms with van der Waals surface area (Å²) in [6, 6.07) is 14.0. The van der Waals surface area contributed by atoms with Gasteiger partial charge < -0.3 is 10.4 Å². The topological polar surface area (TPSA) is 110 Å². The fourth-order valence-electron chi connectivity index (χ4n) is 2.89. The van der Waals surface area contributed by atoms with Crippen molar-refractivity contribution in [1.29, 1.82) is 0 Å². The van der Waals surface area contributed by atoms with Gasteiger partial charge in [-0.2, -0.15) is 4.68 Å². The van der Waals surface area contributed by atoms with Crippen LogP contribution in [0.1, 0.15) is 22.3 Å². The second-order valence-corrected chi connectivity index (χ2v) is 7.19. The van der Waals surface area contributed by atoms with Crippen LogP contribution in [0.15, 0.2) is 53.7 Å². The number of hydrogen-bond acceptors (Lipinski definition) is 6. The molecule has 1 unspecified atom stereocenters. The molecule has 136 valence electrons. The monoisotopic (exact) mass is 381 g/mol. The van der Waals surface area contributed by atoms with Crippen LogP contribution >= 0.6 is 11.8 Å². The molecule has 1 amide bonds. The third kappa shape index (κ3) is 3.54. The van der Waals surface area contributed by atoms with Gasteiger partial charge in [0, 0.05) is 5.69 Å². The number of aromatic carboxylic acids is 1. The number of carboxylic acids is 1. The van der Waals surface area contributed by atoms with Crippen molar-refractivity contribution < 1.29 is 14.7 Å². The molecular weight excluding hydrogens is 366 g/mol. The predicted octanol–water partition coefficient (Wildman–Crippen LogP) is 2.41. The molecule has 0 bridgehead atoms. The zero-order valence-electron chi connectivity index (χ0n) is 14.1. The lowest BCUT2D eigenvalue weighted by Crippen LogP contribution is -2.24. The first-order chi connectivity index (χ1) is 13.1. The van der Waals surface area contributed by atoms with Gasteiger partial charge in [-0.15, -0.1) is 5.10 Å². The number of carbonyl (C=O) groups is 2. The molecule has 9 heteroatoms. The summed E-state index contributed by atoms with van der Waals surface area (Å²) < 4.78 is 1.50. The van der Waals surface area contributed by atoms with Crippen molar-refractivity contribution in [3.05, 3.63) is 59.7 Å². The number of tetrazole rings is 1. The number of carboxylic acid groups (broad SMARTS) is 1. The number of anilines is 1. The molecule has 3 aromatic rings.